The molecule has 0 bridgehead atoms. The number of rotatable bonds is 4. The number of carbonyl (C=O) groups is 2. The van der Waals surface area contributed by atoms with Gasteiger partial charge in [0.1, 0.15) is 5.75 Å². The second-order valence-electron chi connectivity index (χ2n) is 5.46. The summed E-state index contributed by atoms with van der Waals surface area (Å²) in [4.78, 5) is 23.9. The van der Waals surface area contributed by atoms with Gasteiger partial charge in [0.05, 0.1) is 6.54 Å². The molecule has 1 unspecified atom stereocenters. The van der Waals surface area contributed by atoms with Crippen LogP contribution in [0.1, 0.15) is 5.56 Å². The number of fused-ring (bicyclic) bond motifs is 1. The first-order valence-corrected chi connectivity index (χ1v) is 7.78. The molecule has 0 saturated heterocycles. The van der Waals surface area contributed by atoms with Gasteiger partial charge in [0, 0.05) is 23.2 Å². The molecule has 0 aromatic heterocycles. The number of benzene rings is 2. The Morgan fingerprint density at radius 3 is 2.72 bits per heavy atom. The fourth-order valence-corrected chi connectivity index (χ4v) is 2.62. The van der Waals surface area contributed by atoms with E-state index in [-0.39, 0.29) is 12.2 Å². The molecule has 1 heterocycles. The summed E-state index contributed by atoms with van der Waals surface area (Å²) in [6.45, 7) is -0.325. The Morgan fingerprint density at radius 1 is 1.16 bits per heavy atom. The molecule has 5 nitrogen and oxygen atoms in total. The van der Waals surface area contributed by atoms with Crippen molar-refractivity contribution in [1.29, 1.82) is 0 Å². The molecule has 130 valence electrons. The fourth-order valence-electron chi connectivity index (χ4n) is 2.42. The molecule has 8 heteroatoms. The van der Waals surface area contributed by atoms with Crippen molar-refractivity contribution in [2.45, 2.75) is 12.5 Å². The summed E-state index contributed by atoms with van der Waals surface area (Å²) in [5.41, 5.74) is 0.913. The van der Waals surface area contributed by atoms with E-state index < -0.39 is 29.6 Å². The molecule has 0 aliphatic carbocycles. The van der Waals surface area contributed by atoms with Gasteiger partial charge >= 0.3 is 0 Å². The van der Waals surface area contributed by atoms with Gasteiger partial charge in [0.2, 0.25) is 5.91 Å². The Labute approximate surface area is 146 Å². The third-order valence-electron chi connectivity index (χ3n) is 3.62. The van der Waals surface area contributed by atoms with E-state index in [0.29, 0.717) is 17.2 Å². The predicted octanol–water partition coefficient (Wildman–Crippen LogP) is 2.68. The molecule has 2 aromatic carbocycles. The van der Waals surface area contributed by atoms with Crippen molar-refractivity contribution < 1.29 is 23.1 Å². The summed E-state index contributed by atoms with van der Waals surface area (Å²) in [6, 6.07) is 8.04. The molecule has 1 atom stereocenters. The van der Waals surface area contributed by atoms with Gasteiger partial charge in [-0.1, -0.05) is 11.6 Å². The molecule has 0 radical (unpaired) electrons. The number of anilines is 1. The van der Waals surface area contributed by atoms with Crippen LogP contribution in [0.3, 0.4) is 0 Å². The van der Waals surface area contributed by atoms with Gasteiger partial charge in [-0.15, -0.1) is 0 Å². The van der Waals surface area contributed by atoms with Crippen LogP contribution in [0.5, 0.6) is 5.75 Å². The summed E-state index contributed by atoms with van der Waals surface area (Å²) < 4.78 is 31.4. The smallest absolute Gasteiger partial charge is 0.261 e. The van der Waals surface area contributed by atoms with Gasteiger partial charge in [0.15, 0.2) is 17.7 Å². The molecule has 1 aliphatic heterocycles. The van der Waals surface area contributed by atoms with Crippen molar-refractivity contribution in [3.8, 4) is 5.75 Å². The van der Waals surface area contributed by atoms with Crippen LogP contribution < -0.4 is 15.4 Å². The van der Waals surface area contributed by atoms with Crippen molar-refractivity contribution in [1.82, 2.24) is 5.32 Å². The van der Waals surface area contributed by atoms with Crippen LogP contribution in [0.4, 0.5) is 14.5 Å². The molecule has 0 spiro atoms. The third-order valence-corrected chi connectivity index (χ3v) is 3.85. The highest BCUT2D eigenvalue weighted by molar-refractivity contribution is 6.30. The lowest BCUT2D eigenvalue weighted by Gasteiger charge is -2.11. The maximum atomic E-state index is 13.1. The van der Waals surface area contributed by atoms with E-state index in [1.165, 1.54) is 6.07 Å². The number of amides is 2. The Kier molecular flexibility index (Phi) is 4.85. The second-order valence-corrected chi connectivity index (χ2v) is 5.89. The zero-order valence-electron chi connectivity index (χ0n) is 12.8. The highest BCUT2D eigenvalue weighted by Crippen LogP contribution is 2.31. The van der Waals surface area contributed by atoms with E-state index in [4.69, 9.17) is 16.3 Å². The minimum absolute atomic E-state index is 0.0947. The zero-order valence-corrected chi connectivity index (χ0v) is 13.6. The van der Waals surface area contributed by atoms with Crippen molar-refractivity contribution in [3.63, 3.8) is 0 Å². The quantitative estimate of drug-likeness (QED) is 0.874. The number of carbonyl (C=O) groups excluding carboxylic acids is 2. The maximum absolute atomic E-state index is 13.1. The van der Waals surface area contributed by atoms with Gasteiger partial charge < -0.3 is 15.4 Å². The summed E-state index contributed by atoms with van der Waals surface area (Å²) in [7, 11) is 0. The highest BCUT2D eigenvalue weighted by atomic mass is 35.5. The first-order valence-electron chi connectivity index (χ1n) is 7.40. The van der Waals surface area contributed by atoms with E-state index in [0.717, 1.165) is 17.7 Å². The van der Waals surface area contributed by atoms with Gasteiger partial charge in [-0.25, -0.2) is 8.78 Å². The summed E-state index contributed by atoms with van der Waals surface area (Å²) in [5.74, 6) is -2.52. The van der Waals surface area contributed by atoms with Gasteiger partial charge in [-0.05, 0) is 35.9 Å². The topological polar surface area (TPSA) is 67.4 Å². The SMILES string of the molecule is O=C(CNC(=O)C1Cc2cc(Cl)ccc2O1)Nc1ccc(F)c(F)c1. The van der Waals surface area contributed by atoms with Gasteiger partial charge in [0.25, 0.3) is 5.91 Å². The van der Waals surface area contributed by atoms with Crippen LogP contribution in [-0.4, -0.2) is 24.5 Å². The van der Waals surface area contributed by atoms with Crippen molar-refractivity contribution in [2.24, 2.45) is 0 Å². The fraction of sp³-hybridized carbons (Fsp3) is 0.176. The largest absolute Gasteiger partial charge is 0.480 e. The highest BCUT2D eigenvalue weighted by Gasteiger charge is 2.29. The monoisotopic (exact) mass is 366 g/mol. The van der Waals surface area contributed by atoms with Gasteiger partial charge in [-0.3, -0.25) is 9.59 Å². The first-order chi connectivity index (χ1) is 11.9. The Bertz CT molecular complexity index is 845. The average molecular weight is 367 g/mol. The molecule has 2 aromatic rings. The Hall–Kier alpha value is -2.67. The molecule has 0 saturated carbocycles. The van der Waals surface area contributed by atoms with Crippen LogP contribution in [0.25, 0.3) is 0 Å². The number of ether oxygens (including phenoxy) is 1. The Morgan fingerprint density at radius 2 is 1.96 bits per heavy atom. The van der Waals surface area contributed by atoms with Crippen LogP contribution in [-0.2, 0) is 16.0 Å². The van der Waals surface area contributed by atoms with E-state index in [1.54, 1.807) is 18.2 Å². The maximum Gasteiger partial charge on any atom is 0.261 e. The molecule has 2 N–H and O–H groups in total. The Balaban J connectivity index is 1.51. The molecule has 2 amide bonds. The van der Waals surface area contributed by atoms with Crippen LogP contribution >= 0.6 is 11.6 Å². The normalized spacial score (nSPS) is 15.2. The standard InChI is InChI=1S/C17H13ClF2N2O3/c18-10-1-4-14-9(5-10)6-15(25-14)17(24)21-8-16(23)22-11-2-3-12(19)13(20)7-11/h1-5,7,15H,6,8H2,(H,21,24)(H,22,23). The van der Waals surface area contributed by atoms with Crippen molar-refractivity contribution in [3.05, 3.63) is 58.6 Å². The van der Waals surface area contributed by atoms with Crippen LogP contribution in [0.2, 0.25) is 5.02 Å². The first kappa shape index (κ1) is 17.2. The minimum atomic E-state index is -1.07. The minimum Gasteiger partial charge on any atom is -0.480 e. The number of hydrogen-bond donors (Lipinski definition) is 2. The molecule has 0 fully saturated rings. The number of hydrogen-bond acceptors (Lipinski definition) is 3. The lowest BCUT2D eigenvalue weighted by Crippen LogP contribution is -2.41. The van der Waals surface area contributed by atoms with E-state index in [2.05, 4.69) is 10.6 Å². The van der Waals surface area contributed by atoms with Gasteiger partial charge in [-0.2, -0.15) is 0 Å². The van der Waals surface area contributed by atoms with E-state index in [9.17, 15) is 18.4 Å². The van der Waals surface area contributed by atoms with Crippen molar-refractivity contribution in [2.75, 3.05) is 11.9 Å². The van der Waals surface area contributed by atoms with Crippen molar-refractivity contribution >= 4 is 29.1 Å². The lowest BCUT2D eigenvalue weighted by molar-refractivity contribution is -0.129. The molecular weight excluding hydrogens is 354 g/mol. The summed E-state index contributed by atoms with van der Waals surface area (Å²) in [5, 5.41) is 5.36. The van der Waals surface area contributed by atoms with E-state index in [1.807, 2.05) is 0 Å². The van der Waals surface area contributed by atoms with E-state index >= 15 is 0 Å². The number of halogens is 3. The predicted molar refractivity (Wildman–Crippen MR) is 87.6 cm³/mol. The molecule has 1 aliphatic rings. The second kappa shape index (κ2) is 7.06. The third kappa shape index (κ3) is 4.06. The van der Waals surface area contributed by atoms with Crippen LogP contribution in [0, 0.1) is 11.6 Å². The lowest BCUT2D eigenvalue weighted by atomic mass is 10.1. The summed E-state index contributed by atoms with van der Waals surface area (Å²) in [6.07, 6.45) is -0.392. The van der Waals surface area contributed by atoms with Crippen LogP contribution in [0.15, 0.2) is 36.4 Å². The molecule has 3 rings (SSSR count). The number of nitrogens with one attached hydrogen (secondary N) is 2. The molecular formula is C17H13ClF2N2O3. The average Bonchev–Trinajstić information content (AvgIpc) is 2.99. The summed E-state index contributed by atoms with van der Waals surface area (Å²) >= 11 is 5.89. The molecule has 25 heavy (non-hydrogen) atoms. The zero-order chi connectivity index (χ0) is 18.0.